The fourth-order valence-electron chi connectivity index (χ4n) is 3.03. The van der Waals surface area contributed by atoms with Crippen molar-refractivity contribution in [2.75, 3.05) is 19.5 Å². The van der Waals surface area contributed by atoms with Crippen LogP contribution in [0.3, 0.4) is 0 Å². The standard InChI is InChI=1S/C22H22N2O5S/c1-3-28-21(26)18-17(13-29-20(25)15-9-11-16(30-2)12-10-15)23-22(27)24-19(18)14-7-5-4-6-8-14/h4-12,19H,3,13H2,1-2H3,(H2,23,24,27)/t19-/m0/s1. The number of hydrogen-bond acceptors (Lipinski definition) is 6. The topological polar surface area (TPSA) is 93.7 Å². The molecule has 0 aromatic heterocycles. The average molecular weight is 426 g/mol. The van der Waals surface area contributed by atoms with Gasteiger partial charge in [-0.15, -0.1) is 11.8 Å². The quantitative estimate of drug-likeness (QED) is 0.520. The maximum Gasteiger partial charge on any atom is 0.338 e. The van der Waals surface area contributed by atoms with Crippen LogP contribution in [0.25, 0.3) is 0 Å². The number of benzene rings is 2. The molecule has 0 radical (unpaired) electrons. The zero-order valence-corrected chi connectivity index (χ0v) is 17.5. The predicted octanol–water partition coefficient (Wildman–Crippen LogP) is 3.44. The zero-order valence-electron chi connectivity index (χ0n) is 16.6. The Morgan fingerprint density at radius 3 is 2.33 bits per heavy atom. The van der Waals surface area contributed by atoms with Crippen LogP contribution in [0.15, 0.2) is 70.8 Å². The third-order valence-electron chi connectivity index (χ3n) is 4.46. The predicted molar refractivity (Wildman–Crippen MR) is 113 cm³/mol. The number of thioether (sulfide) groups is 1. The van der Waals surface area contributed by atoms with Crippen molar-refractivity contribution < 1.29 is 23.9 Å². The normalized spacial score (nSPS) is 15.8. The van der Waals surface area contributed by atoms with Gasteiger partial charge in [0.1, 0.15) is 6.61 Å². The SMILES string of the molecule is CCOC(=O)C1=C(COC(=O)c2ccc(SC)cc2)NC(=O)N[C@H]1c1ccccc1. The minimum Gasteiger partial charge on any atom is -0.463 e. The maximum atomic E-state index is 12.7. The van der Waals surface area contributed by atoms with Crippen molar-refractivity contribution in [2.45, 2.75) is 17.9 Å². The van der Waals surface area contributed by atoms with Gasteiger partial charge in [-0.1, -0.05) is 30.3 Å². The first-order chi connectivity index (χ1) is 14.5. The van der Waals surface area contributed by atoms with Gasteiger partial charge in [0.05, 0.1) is 29.5 Å². The molecule has 2 aromatic carbocycles. The van der Waals surface area contributed by atoms with Crippen LogP contribution in [-0.2, 0) is 14.3 Å². The average Bonchev–Trinajstić information content (AvgIpc) is 2.77. The van der Waals surface area contributed by atoms with Gasteiger partial charge in [-0.25, -0.2) is 14.4 Å². The van der Waals surface area contributed by atoms with Crippen LogP contribution in [-0.4, -0.2) is 37.4 Å². The Hall–Kier alpha value is -3.26. The van der Waals surface area contributed by atoms with Gasteiger partial charge in [0.2, 0.25) is 0 Å². The number of nitrogens with one attached hydrogen (secondary N) is 2. The summed E-state index contributed by atoms with van der Waals surface area (Å²) < 4.78 is 10.6. The lowest BCUT2D eigenvalue weighted by Crippen LogP contribution is -2.47. The molecule has 0 saturated carbocycles. The van der Waals surface area contributed by atoms with E-state index in [2.05, 4.69) is 10.6 Å². The van der Waals surface area contributed by atoms with Gasteiger partial charge in [0, 0.05) is 4.90 Å². The van der Waals surface area contributed by atoms with Gasteiger partial charge in [0.15, 0.2) is 0 Å². The van der Waals surface area contributed by atoms with Gasteiger partial charge in [-0.2, -0.15) is 0 Å². The number of rotatable bonds is 7. The summed E-state index contributed by atoms with van der Waals surface area (Å²) in [6.07, 6.45) is 1.94. The summed E-state index contributed by atoms with van der Waals surface area (Å²) in [5.74, 6) is -1.14. The maximum absolute atomic E-state index is 12.7. The van der Waals surface area contributed by atoms with Crippen molar-refractivity contribution in [1.82, 2.24) is 10.6 Å². The minimum atomic E-state index is -0.714. The molecule has 30 heavy (non-hydrogen) atoms. The molecule has 2 N–H and O–H groups in total. The number of amides is 2. The number of carbonyl (C=O) groups excluding carboxylic acids is 3. The van der Waals surface area contributed by atoms with Gasteiger partial charge in [-0.05, 0) is 43.0 Å². The van der Waals surface area contributed by atoms with Crippen LogP contribution in [0.5, 0.6) is 0 Å². The fourth-order valence-corrected chi connectivity index (χ4v) is 3.43. The number of urea groups is 1. The van der Waals surface area contributed by atoms with E-state index in [1.807, 2.05) is 36.6 Å². The van der Waals surface area contributed by atoms with E-state index in [4.69, 9.17) is 9.47 Å². The highest BCUT2D eigenvalue weighted by atomic mass is 32.2. The van der Waals surface area contributed by atoms with Crippen LogP contribution in [0.1, 0.15) is 28.9 Å². The highest BCUT2D eigenvalue weighted by Gasteiger charge is 2.34. The second-order valence-electron chi connectivity index (χ2n) is 6.36. The Morgan fingerprint density at radius 2 is 1.70 bits per heavy atom. The van der Waals surface area contributed by atoms with E-state index < -0.39 is 24.0 Å². The Bertz CT molecular complexity index is 957. The van der Waals surface area contributed by atoms with Gasteiger partial charge in [0.25, 0.3) is 0 Å². The second kappa shape index (κ2) is 9.98. The monoisotopic (exact) mass is 426 g/mol. The van der Waals surface area contributed by atoms with E-state index >= 15 is 0 Å². The lowest BCUT2D eigenvalue weighted by atomic mass is 9.95. The van der Waals surface area contributed by atoms with E-state index in [0.29, 0.717) is 11.1 Å². The third kappa shape index (κ3) is 5.01. The first-order valence-electron chi connectivity index (χ1n) is 9.37. The fraction of sp³-hybridized carbons (Fsp3) is 0.227. The van der Waals surface area contributed by atoms with Crippen molar-refractivity contribution in [3.05, 3.63) is 77.0 Å². The summed E-state index contributed by atoms with van der Waals surface area (Å²) in [4.78, 5) is 38.3. The van der Waals surface area contributed by atoms with Crippen LogP contribution < -0.4 is 10.6 Å². The summed E-state index contributed by atoms with van der Waals surface area (Å²) in [5.41, 5.74) is 1.49. The van der Waals surface area contributed by atoms with Crippen molar-refractivity contribution in [3.63, 3.8) is 0 Å². The van der Waals surface area contributed by atoms with Crippen molar-refractivity contribution in [3.8, 4) is 0 Å². The molecule has 0 unspecified atom stereocenters. The summed E-state index contributed by atoms with van der Waals surface area (Å²) in [6.45, 7) is 1.60. The summed E-state index contributed by atoms with van der Waals surface area (Å²) in [7, 11) is 0. The Balaban J connectivity index is 1.87. The van der Waals surface area contributed by atoms with E-state index in [0.717, 1.165) is 4.90 Å². The van der Waals surface area contributed by atoms with Crippen LogP contribution in [0.2, 0.25) is 0 Å². The van der Waals surface area contributed by atoms with E-state index in [1.165, 1.54) is 0 Å². The summed E-state index contributed by atoms with van der Waals surface area (Å²) in [5, 5.41) is 5.31. The molecule has 0 bridgehead atoms. The molecule has 7 nitrogen and oxygen atoms in total. The van der Waals surface area contributed by atoms with E-state index in [-0.39, 0.29) is 24.5 Å². The Morgan fingerprint density at radius 1 is 1.00 bits per heavy atom. The lowest BCUT2D eigenvalue weighted by Gasteiger charge is -2.29. The number of ether oxygens (including phenoxy) is 2. The molecular weight excluding hydrogens is 404 g/mol. The molecule has 156 valence electrons. The lowest BCUT2D eigenvalue weighted by molar-refractivity contribution is -0.139. The van der Waals surface area contributed by atoms with Gasteiger partial charge >= 0.3 is 18.0 Å². The van der Waals surface area contributed by atoms with Crippen molar-refractivity contribution in [2.24, 2.45) is 0 Å². The Labute approximate surface area is 178 Å². The van der Waals surface area contributed by atoms with Gasteiger partial charge < -0.3 is 20.1 Å². The highest BCUT2D eigenvalue weighted by Crippen LogP contribution is 2.28. The molecule has 1 aliphatic heterocycles. The number of hydrogen-bond donors (Lipinski definition) is 2. The molecule has 0 saturated heterocycles. The number of carbonyl (C=O) groups is 3. The summed E-state index contributed by atoms with van der Waals surface area (Å²) in [6, 6.07) is 14.8. The summed E-state index contributed by atoms with van der Waals surface area (Å²) >= 11 is 1.57. The third-order valence-corrected chi connectivity index (χ3v) is 5.20. The zero-order chi connectivity index (χ0) is 21.5. The Kier molecular flexibility index (Phi) is 7.13. The minimum absolute atomic E-state index is 0.173. The smallest absolute Gasteiger partial charge is 0.338 e. The molecule has 8 heteroatoms. The van der Waals surface area contributed by atoms with E-state index in [1.54, 1.807) is 43.0 Å². The molecule has 1 aliphatic rings. The molecule has 0 aliphatic carbocycles. The molecule has 0 fully saturated rings. The first kappa shape index (κ1) is 21.4. The van der Waals surface area contributed by atoms with Crippen LogP contribution in [0.4, 0.5) is 4.79 Å². The number of esters is 2. The molecule has 1 heterocycles. The second-order valence-corrected chi connectivity index (χ2v) is 7.24. The molecule has 2 aromatic rings. The highest BCUT2D eigenvalue weighted by molar-refractivity contribution is 7.98. The van der Waals surface area contributed by atoms with Gasteiger partial charge in [-0.3, -0.25) is 0 Å². The van der Waals surface area contributed by atoms with Crippen LogP contribution >= 0.6 is 11.8 Å². The van der Waals surface area contributed by atoms with Crippen LogP contribution in [0, 0.1) is 0 Å². The largest absolute Gasteiger partial charge is 0.463 e. The molecule has 1 atom stereocenters. The first-order valence-corrected chi connectivity index (χ1v) is 10.6. The molecule has 0 spiro atoms. The molecule has 2 amide bonds. The molecule has 3 rings (SSSR count). The van der Waals surface area contributed by atoms with Crippen molar-refractivity contribution in [1.29, 1.82) is 0 Å². The molecular formula is C22H22N2O5S. The van der Waals surface area contributed by atoms with Crippen molar-refractivity contribution >= 4 is 29.7 Å². The van der Waals surface area contributed by atoms with E-state index in [9.17, 15) is 14.4 Å².